The number of likely N-dealkylation sites (N-methyl/N-ethyl adjacent to an activating group) is 1. The average molecular weight is 337 g/mol. The van der Waals surface area contributed by atoms with Crippen LogP contribution in [0.25, 0.3) is 0 Å². The SMILES string of the molecule is CN1CCN(NC(=O)Cc2ncc(C(F)(F)F)cc2Cl)CC1. The van der Waals surface area contributed by atoms with Crippen LogP contribution in [0.15, 0.2) is 12.3 Å². The first kappa shape index (κ1) is 17.0. The number of rotatable bonds is 3. The molecule has 1 aliphatic rings. The highest BCUT2D eigenvalue weighted by atomic mass is 35.5. The number of aromatic nitrogens is 1. The molecule has 1 amide bonds. The molecule has 1 saturated heterocycles. The van der Waals surface area contributed by atoms with Gasteiger partial charge in [-0.3, -0.25) is 15.2 Å². The molecule has 1 N–H and O–H groups in total. The second-order valence-corrected chi connectivity index (χ2v) is 5.56. The van der Waals surface area contributed by atoms with Crippen LogP contribution in [-0.4, -0.2) is 54.0 Å². The molecule has 22 heavy (non-hydrogen) atoms. The minimum Gasteiger partial charge on any atom is -0.304 e. The number of halogens is 4. The van der Waals surface area contributed by atoms with Gasteiger partial charge in [0, 0.05) is 32.4 Å². The summed E-state index contributed by atoms with van der Waals surface area (Å²) >= 11 is 5.78. The van der Waals surface area contributed by atoms with Gasteiger partial charge < -0.3 is 4.90 Å². The summed E-state index contributed by atoms with van der Waals surface area (Å²) in [5.74, 6) is -0.348. The van der Waals surface area contributed by atoms with Crippen molar-refractivity contribution in [2.45, 2.75) is 12.6 Å². The number of nitrogens with one attached hydrogen (secondary N) is 1. The van der Waals surface area contributed by atoms with Crippen molar-refractivity contribution >= 4 is 17.5 Å². The molecule has 1 aliphatic heterocycles. The summed E-state index contributed by atoms with van der Waals surface area (Å²) < 4.78 is 37.5. The van der Waals surface area contributed by atoms with Crippen molar-refractivity contribution in [1.29, 1.82) is 0 Å². The summed E-state index contributed by atoms with van der Waals surface area (Å²) in [6.45, 7) is 3.05. The van der Waals surface area contributed by atoms with Crippen molar-refractivity contribution in [3.63, 3.8) is 0 Å². The Morgan fingerprint density at radius 3 is 2.55 bits per heavy atom. The maximum Gasteiger partial charge on any atom is 0.417 e. The Hall–Kier alpha value is -1.38. The third kappa shape index (κ3) is 4.56. The third-order valence-electron chi connectivity index (χ3n) is 3.36. The summed E-state index contributed by atoms with van der Waals surface area (Å²) in [7, 11) is 1.99. The van der Waals surface area contributed by atoms with Gasteiger partial charge >= 0.3 is 6.18 Å². The Kier molecular flexibility index (Phi) is 5.25. The molecule has 9 heteroatoms. The maximum absolute atomic E-state index is 12.5. The fourth-order valence-electron chi connectivity index (χ4n) is 2.04. The molecule has 0 radical (unpaired) electrons. The minimum atomic E-state index is -4.50. The van der Waals surface area contributed by atoms with Gasteiger partial charge in [-0.25, -0.2) is 5.01 Å². The van der Waals surface area contributed by atoms with Crippen LogP contribution in [0.3, 0.4) is 0 Å². The second-order valence-electron chi connectivity index (χ2n) is 5.15. The van der Waals surface area contributed by atoms with Gasteiger partial charge in [0.05, 0.1) is 22.7 Å². The first-order valence-corrected chi connectivity index (χ1v) is 7.08. The van der Waals surface area contributed by atoms with E-state index in [4.69, 9.17) is 11.6 Å². The highest BCUT2D eigenvalue weighted by Gasteiger charge is 2.31. The van der Waals surface area contributed by atoms with Crippen LogP contribution in [0.2, 0.25) is 5.02 Å². The highest BCUT2D eigenvalue weighted by molar-refractivity contribution is 6.31. The monoisotopic (exact) mass is 336 g/mol. The molecule has 0 aromatic carbocycles. The number of piperazine rings is 1. The molecule has 1 aromatic rings. The lowest BCUT2D eigenvalue weighted by Crippen LogP contribution is -2.52. The van der Waals surface area contributed by atoms with E-state index in [1.807, 2.05) is 7.05 Å². The molecule has 1 aromatic heterocycles. The maximum atomic E-state index is 12.5. The van der Waals surface area contributed by atoms with Crippen LogP contribution in [-0.2, 0) is 17.4 Å². The van der Waals surface area contributed by atoms with Gasteiger partial charge in [-0.15, -0.1) is 0 Å². The summed E-state index contributed by atoms with van der Waals surface area (Å²) in [4.78, 5) is 17.7. The van der Waals surface area contributed by atoms with Gasteiger partial charge in [0.25, 0.3) is 0 Å². The molecule has 2 rings (SSSR count). The van der Waals surface area contributed by atoms with Gasteiger partial charge in [0.1, 0.15) is 0 Å². The summed E-state index contributed by atoms with van der Waals surface area (Å²) in [5, 5.41) is 1.61. The number of hydrogen-bond acceptors (Lipinski definition) is 4. The lowest BCUT2D eigenvalue weighted by atomic mass is 10.2. The molecular formula is C13H16ClF3N4O. The number of carbonyl (C=O) groups excluding carboxylic acids is 1. The number of amides is 1. The molecule has 0 spiro atoms. The predicted molar refractivity (Wildman–Crippen MR) is 75.2 cm³/mol. The zero-order valence-corrected chi connectivity index (χ0v) is 12.7. The van der Waals surface area contributed by atoms with Crippen molar-refractivity contribution in [2.24, 2.45) is 0 Å². The average Bonchev–Trinajstić information content (AvgIpc) is 2.42. The molecule has 122 valence electrons. The topological polar surface area (TPSA) is 48.5 Å². The van der Waals surface area contributed by atoms with Crippen LogP contribution in [0.4, 0.5) is 13.2 Å². The van der Waals surface area contributed by atoms with E-state index in [1.54, 1.807) is 5.01 Å². The Labute approximate surface area is 131 Å². The standard InChI is InChI=1S/C13H16ClF3N4O/c1-20-2-4-21(5-3-20)19-12(22)7-11-10(14)6-9(8-18-11)13(15,16)17/h6,8H,2-5,7H2,1H3,(H,19,22). The largest absolute Gasteiger partial charge is 0.417 e. The number of hydrazine groups is 1. The molecule has 2 heterocycles. The first-order valence-electron chi connectivity index (χ1n) is 6.70. The number of hydrogen-bond donors (Lipinski definition) is 1. The Morgan fingerprint density at radius 2 is 2.00 bits per heavy atom. The van der Waals surface area contributed by atoms with E-state index < -0.39 is 11.7 Å². The first-order chi connectivity index (χ1) is 10.3. The summed E-state index contributed by atoms with van der Waals surface area (Å²) in [6, 6.07) is 0.785. The van der Waals surface area contributed by atoms with Gasteiger partial charge in [0.15, 0.2) is 0 Å². The molecular weight excluding hydrogens is 321 g/mol. The van der Waals surface area contributed by atoms with E-state index in [-0.39, 0.29) is 23.0 Å². The van der Waals surface area contributed by atoms with Crippen LogP contribution in [0.1, 0.15) is 11.3 Å². The Bertz CT molecular complexity index is 545. The lowest BCUT2D eigenvalue weighted by Gasteiger charge is -2.32. The van der Waals surface area contributed by atoms with Crippen LogP contribution < -0.4 is 5.43 Å². The molecule has 0 aliphatic carbocycles. The normalized spacial score (nSPS) is 17.5. The zero-order chi connectivity index (χ0) is 16.3. The van der Waals surface area contributed by atoms with Crippen molar-refractivity contribution in [3.05, 3.63) is 28.5 Å². The van der Waals surface area contributed by atoms with Crippen molar-refractivity contribution in [2.75, 3.05) is 33.2 Å². The number of carbonyl (C=O) groups is 1. The van der Waals surface area contributed by atoms with Gasteiger partial charge in [-0.1, -0.05) is 11.6 Å². The number of nitrogens with zero attached hydrogens (tertiary/aromatic N) is 3. The fourth-order valence-corrected chi connectivity index (χ4v) is 2.27. The van der Waals surface area contributed by atoms with Gasteiger partial charge in [0.2, 0.25) is 5.91 Å². The van der Waals surface area contributed by atoms with Crippen LogP contribution in [0.5, 0.6) is 0 Å². The van der Waals surface area contributed by atoms with Gasteiger partial charge in [-0.05, 0) is 13.1 Å². The molecule has 0 bridgehead atoms. The fraction of sp³-hybridized carbons (Fsp3) is 0.538. The quantitative estimate of drug-likeness (QED) is 0.910. The highest BCUT2D eigenvalue weighted by Crippen LogP contribution is 2.31. The van der Waals surface area contributed by atoms with Crippen LogP contribution >= 0.6 is 11.6 Å². The molecule has 0 atom stereocenters. The van der Waals surface area contributed by atoms with Crippen molar-refractivity contribution in [1.82, 2.24) is 20.3 Å². The van der Waals surface area contributed by atoms with E-state index in [9.17, 15) is 18.0 Å². The minimum absolute atomic E-state index is 0.126. The van der Waals surface area contributed by atoms with E-state index >= 15 is 0 Å². The summed E-state index contributed by atoms with van der Waals surface area (Å²) in [5.41, 5.74) is 1.90. The number of alkyl halides is 3. The molecule has 5 nitrogen and oxygen atoms in total. The lowest BCUT2D eigenvalue weighted by molar-refractivity contribution is -0.137. The molecule has 0 unspecified atom stereocenters. The Morgan fingerprint density at radius 1 is 1.36 bits per heavy atom. The predicted octanol–water partition coefficient (Wildman–Crippen LogP) is 1.57. The van der Waals surface area contributed by atoms with Crippen LogP contribution in [0, 0.1) is 0 Å². The third-order valence-corrected chi connectivity index (χ3v) is 3.69. The van der Waals surface area contributed by atoms with E-state index in [0.29, 0.717) is 19.3 Å². The summed E-state index contributed by atoms with van der Waals surface area (Å²) in [6.07, 6.45) is -3.98. The number of pyridine rings is 1. The van der Waals surface area contributed by atoms with E-state index in [0.717, 1.165) is 19.2 Å². The molecule has 1 fully saturated rings. The Balaban J connectivity index is 1.94. The second kappa shape index (κ2) is 6.80. The molecule has 0 saturated carbocycles. The van der Waals surface area contributed by atoms with E-state index in [1.165, 1.54) is 0 Å². The van der Waals surface area contributed by atoms with Crippen molar-refractivity contribution < 1.29 is 18.0 Å². The zero-order valence-electron chi connectivity index (χ0n) is 12.0. The smallest absolute Gasteiger partial charge is 0.304 e. The van der Waals surface area contributed by atoms with Gasteiger partial charge in [-0.2, -0.15) is 13.2 Å². The van der Waals surface area contributed by atoms with E-state index in [2.05, 4.69) is 15.3 Å². The van der Waals surface area contributed by atoms with Crippen molar-refractivity contribution in [3.8, 4) is 0 Å².